The van der Waals surface area contributed by atoms with E-state index >= 15 is 0 Å². The van der Waals surface area contributed by atoms with Crippen LogP contribution in [-0.2, 0) is 14.8 Å². The summed E-state index contributed by atoms with van der Waals surface area (Å²) in [6.07, 6.45) is 0. The number of anilines is 2. The van der Waals surface area contributed by atoms with Crippen LogP contribution in [0.2, 0.25) is 0 Å². The Morgan fingerprint density at radius 1 is 1.19 bits per heavy atom. The van der Waals surface area contributed by atoms with Crippen LogP contribution < -0.4 is 20.1 Å². The first-order valence-electron chi connectivity index (χ1n) is 7.78. The minimum atomic E-state index is -3.78. The van der Waals surface area contributed by atoms with Crippen LogP contribution in [0.15, 0.2) is 51.8 Å². The molecule has 0 aromatic heterocycles. The van der Waals surface area contributed by atoms with Gasteiger partial charge in [0.25, 0.3) is 10.0 Å². The van der Waals surface area contributed by atoms with E-state index in [0.29, 0.717) is 22.9 Å². The van der Waals surface area contributed by atoms with E-state index in [9.17, 15) is 13.2 Å². The lowest BCUT2D eigenvalue weighted by atomic mass is 10.2. The van der Waals surface area contributed by atoms with Gasteiger partial charge in [-0.25, -0.2) is 0 Å². The van der Waals surface area contributed by atoms with E-state index in [4.69, 9.17) is 9.47 Å². The largest absolute Gasteiger partial charge is 0.497 e. The summed E-state index contributed by atoms with van der Waals surface area (Å²) in [6, 6.07) is 11.5. The van der Waals surface area contributed by atoms with Crippen LogP contribution in [0, 0.1) is 0 Å². The summed E-state index contributed by atoms with van der Waals surface area (Å²) in [6.45, 7) is 0. The van der Waals surface area contributed by atoms with Gasteiger partial charge in [0.05, 0.1) is 31.3 Å². The topological polar surface area (TPSA) is 106 Å². The number of amides is 1. The van der Waals surface area contributed by atoms with Crippen molar-refractivity contribution in [3.05, 3.63) is 42.5 Å². The van der Waals surface area contributed by atoms with Crippen LogP contribution in [0.1, 0.15) is 0 Å². The first kappa shape index (κ1) is 19.1. The average molecular weight is 407 g/mol. The van der Waals surface area contributed by atoms with Crippen molar-refractivity contribution >= 4 is 44.2 Å². The molecule has 0 radical (unpaired) electrons. The number of fused-ring (bicyclic) bond motifs is 1. The number of hydrogen-bond donors (Lipinski definition) is 2. The Labute approximate surface area is 161 Å². The number of rotatable bonds is 5. The molecule has 1 aliphatic rings. The molecular weight excluding hydrogens is 390 g/mol. The molecule has 0 aliphatic carbocycles. The quantitative estimate of drug-likeness (QED) is 0.784. The summed E-state index contributed by atoms with van der Waals surface area (Å²) in [5.74, 6) is 0.698. The zero-order valence-corrected chi connectivity index (χ0v) is 16.2. The van der Waals surface area contributed by atoms with Gasteiger partial charge in [0.1, 0.15) is 16.4 Å². The van der Waals surface area contributed by atoms with Crippen LogP contribution in [0.25, 0.3) is 0 Å². The number of carbonyl (C=O) groups excluding carboxylic acids is 1. The molecule has 142 valence electrons. The molecule has 8 nitrogen and oxygen atoms in total. The number of thioether (sulfide) groups is 1. The summed E-state index contributed by atoms with van der Waals surface area (Å²) >= 11 is 0.994. The number of amidine groups is 1. The molecule has 0 spiro atoms. The van der Waals surface area contributed by atoms with Gasteiger partial charge in [-0.15, -0.1) is 4.40 Å². The van der Waals surface area contributed by atoms with Crippen molar-refractivity contribution < 1.29 is 22.7 Å². The van der Waals surface area contributed by atoms with Crippen LogP contribution in [-0.4, -0.2) is 39.5 Å². The van der Waals surface area contributed by atoms with Gasteiger partial charge in [-0.3, -0.25) is 4.79 Å². The Hall–Kier alpha value is -2.72. The number of para-hydroxylation sites is 1. The highest BCUT2D eigenvalue weighted by Gasteiger charge is 2.25. The van der Waals surface area contributed by atoms with Crippen LogP contribution in [0.3, 0.4) is 0 Å². The van der Waals surface area contributed by atoms with Gasteiger partial charge in [0, 0.05) is 6.07 Å². The second-order valence-electron chi connectivity index (χ2n) is 5.40. The molecule has 0 bridgehead atoms. The lowest BCUT2D eigenvalue weighted by molar-refractivity contribution is -0.113. The maximum atomic E-state index is 12.2. The van der Waals surface area contributed by atoms with Gasteiger partial charge >= 0.3 is 0 Å². The van der Waals surface area contributed by atoms with Crippen molar-refractivity contribution in [1.82, 2.24) is 0 Å². The molecule has 0 saturated carbocycles. The van der Waals surface area contributed by atoms with E-state index in [1.807, 2.05) is 0 Å². The Balaban J connectivity index is 1.66. The molecule has 2 N–H and O–H groups in total. The van der Waals surface area contributed by atoms with E-state index in [1.165, 1.54) is 20.3 Å². The van der Waals surface area contributed by atoms with E-state index in [-0.39, 0.29) is 21.7 Å². The fourth-order valence-electron chi connectivity index (χ4n) is 2.38. The highest BCUT2D eigenvalue weighted by Crippen LogP contribution is 2.30. The fourth-order valence-corrected chi connectivity index (χ4v) is 4.41. The highest BCUT2D eigenvalue weighted by atomic mass is 32.2. The van der Waals surface area contributed by atoms with Crippen molar-refractivity contribution in [3.63, 3.8) is 0 Å². The zero-order valence-electron chi connectivity index (χ0n) is 14.6. The Morgan fingerprint density at radius 2 is 1.96 bits per heavy atom. The maximum absolute atomic E-state index is 12.2. The van der Waals surface area contributed by atoms with Crippen molar-refractivity contribution in [1.29, 1.82) is 0 Å². The number of ether oxygens (including phenoxy) is 2. The normalized spacial score (nSPS) is 14.4. The first-order chi connectivity index (χ1) is 12.9. The molecule has 0 saturated heterocycles. The number of carbonyl (C=O) groups is 1. The third-order valence-electron chi connectivity index (χ3n) is 3.63. The number of hydrogen-bond acceptors (Lipinski definition) is 7. The molecule has 0 atom stereocenters. The van der Waals surface area contributed by atoms with Gasteiger partial charge in [0.2, 0.25) is 5.91 Å². The standard InChI is InChI=1S/C17H17N3O5S2/c1-24-11-7-8-12(14(9-11)25-2)18-16(21)10-26-17-19-13-5-3-4-6-15(13)27(22,23)20-17/h3-9H,10H2,1-2H3,(H,18,21)(H,19,20). The second kappa shape index (κ2) is 7.89. The lowest BCUT2D eigenvalue weighted by Crippen LogP contribution is -2.22. The maximum Gasteiger partial charge on any atom is 0.286 e. The van der Waals surface area contributed by atoms with Gasteiger partial charge in [-0.05, 0) is 24.3 Å². The SMILES string of the molecule is COc1ccc(NC(=O)CSC2=NS(=O)(=O)c3ccccc3N2)c(OC)c1. The Bertz CT molecular complexity index is 1010. The average Bonchev–Trinajstić information content (AvgIpc) is 2.66. The number of benzene rings is 2. The molecule has 2 aromatic carbocycles. The van der Waals surface area contributed by atoms with Crippen molar-refractivity contribution in [2.45, 2.75) is 4.90 Å². The number of sulfonamides is 1. The smallest absolute Gasteiger partial charge is 0.286 e. The predicted octanol–water partition coefficient (Wildman–Crippen LogP) is 2.55. The summed E-state index contributed by atoms with van der Waals surface area (Å²) in [5.41, 5.74) is 0.924. The molecule has 0 fully saturated rings. The van der Waals surface area contributed by atoms with Crippen LogP contribution in [0.4, 0.5) is 11.4 Å². The molecule has 3 rings (SSSR count). The van der Waals surface area contributed by atoms with E-state index in [2.05, 4.69) is 15.0 Å². The van der Waals surface area contributed by atoms with Crippen LogP contribution in [0.5, 0.6) is 11.5 Å². The van der Waals surface area contributed by atoms with Crippen LogP contribution >= 0.6 is 11.8 Å². The predicted molar refractivity (Wildman–Crippen MR) is 105 cm³/mol. The molecular formula is C17H17N3O5S2. The number of nitrogens with zero attached hydrogens (tertiary/aromatic N) is 1. The second-order valence-corrected chi connectivity index (χ2v) is 7.93. The lowest BCUT2D eigenvalue weighted by Gasteiger charge is -2.17. The molecule has 1 heterocycles. The fraction of sp³-hybridized carbons (Fsp3) is 0.176. The van der Waals surface area contributed by atoms with E-state index < -0.39 is 10.0 Å². The Kier molecular flexibility index (Phi) is 5.57. The molecule has 10 heteroatoms. The van der Waals surface area contributed by atoms with Gasteiger partial charge in [-0.2, -0.15) is 8.42 Å². The number of nitrogens with one attached hydrogen (secondary N) is 2. The Morgan fingerprint density at radius 3 is 2.70 bits per heavy atom. The minimum Gasteiger partial charge on any atom is -0.497 e. The molecule has 2 aromatic rings. The molecule has 0 unspecified atom stereocenters. The van der Waals surface area contributed by atoms with E-state index in [1.54, 1.807) is 36.4 Å². The van der Waals surface area contributed by atoms with Crippen molar-refractivity contribution in [2.75, 3.05) is 30.6 Å². The first-order valence-corrected chi connectivity index (χ1v) is 10.2. The summed E-state index contributed by atoms with van der Waals surface area (Å²) in [5, 5.41) is 5.79. The highest BCUT2D eigenvalue weighted by molar-refractivity contribution is 8.15. The van der Waals surface area contributed by atoms with Gasteiger partial charge in [-0.1, -0.05) is 23.9 Å². The molecule has 1 aliphatic heterocycles. The zero-order chi connectivity index (χ0) is 19.4. The summed E-state index contributed by atoms with van der Waals surface area (Å²) < 4.78 is 38.4. The summed E-state index contributed by atoms with van der Waals surface area (Å²) in [4.78, 5) is 12.3. The minimum absolute atomic E-state index is 0.0291. The third-order valence-corrected chi connectivity index (χ3v) is 5.96. The van der Waals surface area contributed by atoms with E-state index in [0.717, 1.165) is 11.8 Å². The molecule has 27 heavy (non-hydrogen) atoms. The van der Waals surface area contributed by atoms with Crippen molar-refractivity contribution in [2.24, 2.45) is 4.40 Å². The molecule has 1 amide bonds. The van der Waals surface area contributed by atoms with Gasteiger partial charge < -0.3 is 20.1 Å². The van der Waals surface area contributed by atoms with Crippen molar-refractivity contribution in [3.8, 4) is 11.5 Å². The monoisotopic (exact) mass is 407 g/mol. The summed E-state index contributed by atoms with van der Waals surface area (Å²) in [7, 11) is -0.754. The number of methoxy groups -OCH3 is 2. The third kappa shape index (κ3) is 4.34. The van der Waals surface area contributed by atoms with Gasteiger partial charge in [0.15, 0.2) is 5.17 Å².